The van der Waals surface area contributed by atoms with Gasteiger partial charge in [-0.1, -0.05) is 24.3 Å². The fourth-order valence-electron chi connectivity index (χ4n) is 1.90. The minimum atomic E-state index is -1.13. The largest absolute Gasteiger partial charge is 0.491 e. The molecule has 1 saturated heterocycles. The molecule has 1 fully saturated rings. The van der Waals surface area contributed by atoms with Gasteiger partial charge in [0.1, 0.15) is 0 Å². The van der Waals surface area contributed by atoms with Crippen LogP contribution in [0.2, 0.25) is 0 Å². The van der Waals surface area contributed by atoms with Crippen LogP contribution in [0.15, 0.2) is 24.3 Å². The molecule has 1 aromatic rings. The Morgan fingerprint density at radius 3 is 2.38 bits per heavy atom. The van der Waals surface area contributed by atoms with Gasteiger partial charge in [0.15, 0.2) is 6.29 Å². The molecular weight excluding hydrogens is 271 g/mol. The van der Waals surface area contributed by atoms with Gasteiger partial charge in [-0.15, -0.1) is 0 Å². The highest BCUT2D eigenvalue weighted by Gasteiger charge is 2.39. The molecule has 0 spiro atoms. The Balaban J connectivity index is 2.12. The molecule has 0 atom stereocenters. The molecule has 1 aliphatic rings. The van der Waals surface area contributed by atoms with E-state index in [0.29, 0.717) is 18.7 Å². The zero-order valence-corrected chi connectivity index (χ0v) is 13.0. The molecule has 1 aliphatic heterocycles. The van der Waals surface area contributed by atoms with Crippen LogP contribution in [0.3, 0.4) is 0 Å². The second-order valence-electron chi connectivity index (χ2n) is 6.28. The Hall–Kier alpha value is -0.915. The predicted molar refractivity (Wildman–Crippen MR) is 80.2 cm³/mol. The van der Waals surface area contributed by atoms with Gasteiger partial charge in [-0.3, -0.25) is 0 Å². The molecule has 1 heterocycles. The van der Waals surface area contributed by atoms with Crippen LogP contribution in [0.5, 0.6) is 0 Å². The summed E-state index contributed by atoms with van der Waals surface area (Å²) in [5.41, 5.74) is -0.538. The zero-order valence-electron chi connectivity index (χ0n) is 13.0. The first-order valence-corrected chi connectivity index (χ1v) is 7.12. The quantitative estimate of drug-likeness (QED) is 0.793. The molecular formula is C15H23BO5. The molecule has 2 rings (SSSR count). The number of benzene rings is 1. The van der Waals surface area contributed by atoms with E-state index in [0.717, 1.165) is 5.56 Å². The highest BCUT2D eigenvalue weighted by molar-refractivity contribution is 6.60. The Morgan fingerprint density at radius 1 is 1.19 bits per heavy atom. The zero-order chi connectivity index (χ0) is 15.7. The third-order valence-electron chi connectivity index (χ3n) is 3.97. The van der Waals surface area contributed by atoms with E-state index in [4.69, 9.17) is 14.1 Å². The lowest BCUT2D eigenvalue weighted by molar-refractivity contribution is -0.0982. The van der Waals surface area contributed by atoms with Crippen molar-refractivity contribution in [1.82, 2.24) is 0 Å². The van der Waals surface area contributed by atoms with E-state index < -0.39 is 18.3 Å². The standard InChI is InChI=1S/C15H23BO5/c1-14(2,17)15(3,4)21-16(18)12-7-5-6-11(10-12)13-19-8-9-20-13/h5-7,10,13,17-18H,8-9H2,1-4H3. The smallest absolute Gasteiger partial charge is 0.423 e. The van der Waals surface area contributed by atoms with E-state index in [-0.39, 0.29) is 6.29 Å². The van der Waals surface area contributed by atoms with Crippen LogP contribution in [0.1, 0.15) is 39.5 Å². The number of rotatable bonds is 5. The van der Waals surface area contributed by atoms with Crippen molar-refractivity contribution in [3.8, 4) is 0 Å². The SMILES string of the molecule is CC(C)(O)C(C)(C)OB(O)c1cccc(C2OCCO2)c1. The van der Waals surface area contributed by atoms with E-state index in [1.54, 1.807) is 39.8 Å². The van der Waals surface area contributed by atoms with Crippen molar-refractivity contribution < 1.29 is 24.3 Å². The van der Waals surface area contributed by atoms with Crippen molar-refractivity contribution in [2.24, 2.45) is 0 Å². The molecule has 0 aromatic heterocycles. The fourth-order valence-corrected chi connectivity index (χ4v) is 1.90. The van der Waals surface area contributed by atoms with E-state index in [2.05, 4.69) is 0 Å². The minimum Gasteiger partial charge on any atom is -0.423 e. The van der Waals surface area contributed by atoms with Crippen molar-refractivity contribution in [2.75, 3.05) is 13.2 Å². The lowest BCUT2D eigenvalue weighted by Gasteiger charge is -2.38. The van der Waals surface area contributed by atoms with Crippen LogP contribution in [-0.2, 0) is 14.1 Å². The van der Waals surface area contributed by atoms with Crippen LogP contribution in [0.25, 0.3) is 0 Å². The van der Waals surface area contributed by atoms with Gasteiger partial charge in [0.25, 0.3) is 0 Å². The van der Waals surface area contributed by atoms with Crippen LogP contribution in [0.4, 0.5) is 0 Å². The van der Waals surface area contributed by atoms with E-state index in [9.17, 15) is 10.1 Å². The summed E-state index contributed by atoms with van der Waals surface area (Å²) < 4.78 is 16.5. The van der Waals surface area contributed by atoms with E-state index >= 15 is 0 Å². The molecule has 6 heteroatoms. The first kappa shape index (κ1) is 16.5. The average Bonchev–Trinajstić information content (AvgIpc) is 2.91. The molecule has 0 aliphatic carbocycles. The topological polar surface area (TPSA) is 68.2 Å². The third-order valence-corrected chi connectivity index (χ3v) is 3.97. The molecule has 0 bridgehead atoms. The number of ether oxygens (including phenoxy) is 2. The summed E-state index contributed by atoms with van der Waals surface area (Å²) in [6, 6.07) is 7.26. The molecule has 1 aromatic carbocycles. The molecule has 0 unspecified atom stereocenters. The molecule has 5 nitrogen and oxygen atoms in total. The summed E-state index contributed by atoms with van der Waals surface area (Å²) in [6.45, 7) is 7.92. The first-order chi connectivity index (χ1) is 9.71. The molecule has 116 valence electrons. The normalized spacial score (nSPS) is 17.2. The summed E-state index contributed by atoms with van der Waals surface area (Å²) in [7, 11) is -1.13. The van der Waals surface area contributed by atoms with Crippen molar-refractivity contribution in [3.63, 3.8) is 0 Å². The number of hydrogen-bond donors (Lipinski definition) is 2. The van der Waals surface area contributed by atoms with Crippen molar-refractivity contribution in [3.05, 3.63) is 29.8 Å². The molecule has 0 amide bonds. The van der Waals surface area contributed by atoms with Crippen LogP contribution >= 0.6 is 0 Å². The van der Waals surface area contributed by atoms with Crippen molar-refractivity contribution >= 4 is 12.6 Å². The highest BCUT2D eigenvalue weighted by Crippen LogP contribution is 2.26. The minimum absolute atomic E-state index is 0.389. The predicted octanol–water partition coefficient (Wildman–Crippen LogP) is 0.986. The number of aliphatic hydroxyl groups is 1. The summed E-state index contributed by atoms with van der Waals surface area (Å²) in [5.74, 6) is 0. The van der Waals surface area contributed by atoms with Gasteiger partial charge in [-0.05, 0) is 33.2 Å². The monoisotopic (exact) mass is 294 g/mol. The van der Waals surface area contributed by atoms with Crippen molar-refractivity contribution in [2.45, 2.75) is 45.2 Å². The summed E-state index contributed by atoms with van der Waals surface area (Å²) in [4.78, 5) is 0. The molecule has 0 radical (unpaired) electrons. The second-order valence-corrected chi connectivity index (χ2v) is 6.28. The van der Waals surface area contributed by atoms with E-state index in [1.807, 2.05) is 12.1 Å². The molecule has 21 heavy (non-hydrogen) atoms. The van der Waals surface area contributed by atoms with Gasteiger partial charge >= 0.3 is 7.12 Å². The van der Waals surface area contributed by atoms with Crippen molar-refractivity contribution in [1.29, 1.82) is 0 Å². The summed E-state index contributed by atoms with van der Waals surface area (Å²) in [5, 5.41) is 20.4. The maximum Gasteiger partial charge on any atom is 0.491 e. The number of hydrogen-bond acceptors (Lipinski definition) is 5. The lowest BCUT2D eigenvalue weighted by atomic mass is 9.76. The highest BCUT2D eigenvalue weighted by atomic mass is 16.7. The maximum absolute atomic E-state index is 10.3. The van der Waals surface area contributed by atoms with E-state index in [1.165, 1.54) is 0 Å². The van der Waals surface area contributed by atoms with Gasteiger partial charge in [0.05, 0.1) is 24.4 Å². The lowest BCUT2D eigenvalue weighted by Crippen LogP contribution is -2.53. The van der Waals surface area contributed by atoms with Gasteiger partial charge in [-0.25, -0.2) is 0 Å². The fraction of sp³-hybridized carbons (Fsp3) is 0.600. The van der Waals surface area contributed by atoms with Crippen LogP contribution < -0.4 is 5.46 Å². The maximum atomic E-state index is 10.3. The Bertz CT molecular complexity index is 477. The van der Waals surface area contributed by atoms with Gasteiger partial charge in [0.2, 0.25) is 0 Å². The molecule has 2 N–H and O–H groups in total. The third kappa shape index (κ3) is 3.84. The van der Waals surface area contributed by atoms with Gasteiger partial charge in [0, 0.05) is 5.56 Å². The average molecular weight is 294 g/mol. The Kier molecular flexibility index (Phi) is 4.75. The summed E-state index contributed by atoms with van der Waals surface area (Å²) in [6.07, 6.45) is -0.389. The van der Waals surface area contributed by atoms with Crippen LogP contribution in [0, 0.1) is 0 Å². The van der Waals surface area contributed by atoms with Crippen LogP contribution in [-0.4, -0.2) is 41.7 Å². The second kappa shape index (κ2) is 6.06. The first-order valence-electron chi connectivity index (χ1n) is 7.12. The summed E-state index contributed by atoms with van der Waals surface area (Å²) >= 11 is 0. The Labute approximate surface area is 126 Å². The Morgan fingerprint density at radius 2 is 1.81 bits per heavy atom. The van der Waals surface area contributed by atoms with Gasteiger partial charge < -0.3 is 24.3 Å². The molecule has 0 saturated carbocycles. The van der Waals surface area contributed by atoms with Gasteiger partial charge in [-0.2, -0.15) is 0 Å².